The van der Waals surface area contributed by atoms with Crippen LogP contribution in [0.3, 0.4) is 0 Å². The molecule has 168 valence electrons. The quantitative estimate of drug-likeness (QED) is 0.282. The van der Waals surface area contributed by atoms with Crippen molar-refractivity contribution < 1.29 is 4.74 Å². The van der Waals surface area contributed by atoms with E-state index in [1.54, 1.807) is 0 Å². The Morgan fingerprint density at radius 3 is 2.52 bits per heavy atom. The van der Waals surface area contributed by atoms with Gasteiger partial charge in [0.25, 0.3) is 0 Å². The first-order chi connectivity index (χ1) is 13.5. The monoisotopic (exact) mass is 520 g/mol. The van der Waals surface area contributed by atoms with Gasteiger partial charge in [-0.1, -0.05) is 27.7 Å². The lowest BCUT2D eigenvalue weighted by atomic mass is 10.0. The Balaban J connectivity index is 0.00000420. The molecule has 1 aromatic heterocycles. The molecule has 29 heavy (non-hydrogen) atoms. The van der Waals surface area contributed by atoms with Crippen LogP contribution in [0, 0.1) is 11.8 Å². The molecule has 1 aliphatic rings. The minimum Gasteiger partial charge on any atom is -0.379 e. The Hall–Kier alpha value is -0.870. The van der Waals surface area contributed by atoms with Crippen LogP contribution in [0.15, 0.2) is 17.4 Å². The van der Waals surface area contributed by atoms with Crippen molar-refractivity contribution in [2.75, 3.05) is 39.4 Å². The maximum Gasteiger partial charge on any atom is 0.191 e. The summed E-state index contributed by atoms with van der Waals surface area (Å²) >= 11 is 0. The van der Waals surface area contributed by atoms with E-state index < -0.39 is 0 Å². The molecule has 7 nitrogen and oxygen atoms in total. The molecule has 0 radical (unpaired) electrons. The van der Waals surface area contributed by atoms with Gasteiger partial charge < -0.3 is 19.9 Å². The summed E-state index contributed by atoms with van der Waals surface area (Å²) in [5, 5.41) is 6.94. The first kappa shape index (κ1) is 26.2. The number of guanidine groups is 1. The number of rotatable bonds is 10. The number of nitrogens with zero attached hydrogens (tertiary/aromatic N) is 4. The van der Waals surface area contributed by atoms with Crippen LogP contribution < -0.4 is 10.6 Å². The van der Waals surface area contributed by atoms with Gasteiger partial charge in [-0.3, -0.25) is 4.90 Å². The number of aromatic nitrogens is 2. The fraction of sp³-hybridized carbons (Fsp3) is 0.810. The van der Waals surface area contributed by atoms with Gasteiger partial charge in [-0.2, -0.15) is 0 Å². The molecule has 0 spiro atoms. The van der Waals surface area contributed by atoms with Gasteiger partial charge >= 0.3 is 0 Å². The molecule has 1 atom stereocenters. The summed E-state index contributed by atoms with van der Waals surface area (Å²) in [7, 11) is 0. The average Bonchev–Trinajstić information content (AvgIpc) is 3.09. The predicted molar refractivity (Wildman–Crippen MR) is 131 cm³/mol. The van der Waals surface area contributed by atoms with E-state index in [9.17, 15) is 0 Å². The van der Waals surface area contributed by atoms with Crippen LogP contribution in [0.5, 0.6) is 0 Å². The van der Waals surface area contributed by atoms with Crippen molar-refractivity contribution in [2.24, 2.45) is 16.8 Å². The zero-order valence-corrected chi connectivity index (χ0v) is 21.2. The second-order valence-electron chi connectivity index (χ2n) is 8.40. The molecule has 0 saturated carbocycles. The third-order valence-electron chi connectivity index (χ3n) is 4.90. The summed E-state index contributed by atoms with van der Waals surface area (Å²) in [5.41, 5.74) is 0. The number of imidazole rings is 1. The van der Waals surface area contributed by atoms with E-state index in [4.69, 9.17) is 9.73 Å². The summed E-state index contributed by atoms with van der Waals surface area (Å²) in [6.07, 6.45) is 5.08. The van der Waals surface area contributed by atoms with Crippen molar-refractivity contribution >= 4 is 29.9 Å². The van der Waals surface area contributed by atoms with Crippen LogP contribution in [-0.4, -0.2) is 65.8 Å². The predicted octanol–water partition coefficient (Wildman–Crippen LogP) is 2.96. The van der Waals surface area contributed by atoms with Gasteiger partial charge in [0, 0.05) is 51.2 Å². The van der Waals surface area contributed by atoms with Crippen molar-refractivity contribution in [3.63, 3.8) is 0 Å². The Morgan fingerprint density at radius 1 is 1.17 bits per heavy atom. The van der Waals surface area contributed by atoms with Gasteiger partial charge in [0.05, 0.1) is 13.2 Å². The van der Waals surface area contributed by atoms with Crippen molar-refractivity contribution in [3.05, 3.63) is 18.2 Å². The fourth-order valence-electron chi connectivity index (χ4n) is 3.61. The van der Waals surface area contributed by atoms with Crippen LogP contribution in [0.1, 0.15) is 46.9 Å². The standard InChI is InChI=1S/C21H40N6O.HI/c1-6-22-21(25-15-20-23-7-8-27(20)16-18(4)5)24-14-19(13-17(2)3)26-9-11-28-12-10-26;/h7-8,17-19H,6,9-16H2,1-5H3,(H2,22,24,25);1H. The van der Waals surface area contributed by atoms with Crippen molar-refractivity contribution in [3.8, 4) is 0 Å². The second-order valence-corrected chi connectivity index (χ2v) is 8.40. The van der Waals surface area contributed by atoms with Crippen LogP contribution in [0.25, 0.3) is 0 Å². The molecule has 2 heterocycles. The van der Waals surface area contributed by atoms with Crippen LogP contribution in [-0.2, 0) is 17.8 Å². The van der Waals surface area contributed by atoms with Crippen LogP contribution in [0.4, 0.5) is 0 Å². The highest BCUT2D eigenvalue weighted by atomic mass is 127. The Labute approximate surface area is 194 Å². The van der Waals surface area contributed by atoms with Gasteiger partial charge in [0.15, 0.2) is 5.96 Å². The largest absolute Gasteiger partial charge is 0.379 e. The van der Waals surface area contributed by atoms with Crippen LogP contribution >= 0.6 is 24.0 Å². The Morgan fingerprint density at radius 2 is 1.90 bits per heavy atom. The van der Waals surface area contributed by atoms with Gasteiger partial charge in [0.1, 0.15) is 12.4 Å². The highest BCUT2D eigenvalue weighted by molar-refractivity contribution is 14.0. The Bertz CT molecular complexity index is 583. The summed E-state index contributed by atoms with van der Waals surface area (Å²) in [5.74, 6) is 3.13. The van der Waals surface area contributed by atoms with Crippen LogP contribution in [0.2, 0.25) is 0 Å². The maximum absolute atomic E-state index is 5.53. The number of hydrogen-bond acceptors (Lipinski definition) is 4. The van der Waals surface area contributed by atoms with Gasteiger partial charge in [0.2, 0.25) is 0 Å². The summed E-state index contributed by atoms with van der Waals surface area (Å²) < 4.78 is 7.73. The normalized spacial score (nSPS) is 16.7. The third kappa shape index (κ3) is 9.65. The molecule has 2 N–H and O–H groups in total. The molecule has 1 saturated heterocycles. The maximum atomic E-state index is 5.53. The van der Waals surface area contributed by atoms with E-state index >= 15 is 0 Å². The average molecular weight is 521 g/mol. The van der Waals surface area contributed by atoms with E-state index in [1.165, 1.54) is 6.42 Å². The number of morpholine rings is 1. The topological polar surface area (TPSA) is 66.7 Å². The number of hydrogen-bond donors (Lipinski definition) is 2. The van der Waals surface area contributed by atoms with Gasteiger partial charge in [-0.25, -0.2) is 9.98 Å². The molecular weight excluding hydrogens is 479 g/mol. The molecule has 1 unspecified atom stereocenters. The van der Waals surface area contributed by atoms with E-state index in [0.717, 1.165) is 57.7 Å². The number of halogens is 1. The van der Waals surface area contributed by atoms with Crippen molar-refractivity contribution in [1.29, 1.82) is 0 Å². The van der Waals surface area contributed by atoms with Crippen molar-refractivity contribution in [1.82, 2.24) is 25.1 Å². The molecule has 1 aromatic rings. The Kier molecular flexibility index (Phi) is 12.8. The smallest absolute Gasteiger partial charge is 0.191 e. The zero-order chi connectivity index (χ0) is 20.4. The summed E-state index contributed by atoms with van der Waals surface area (Å²) in [6, 6.07) is 0.496. The molecule has 0 aliphatic carbocycles. The lowest BCUT2D eigenvalue weighted by Gasteiger charge is -2.35. The second kappa shape index (κ2) is 14.2. The number of ether oxygens (including phenoxy) is 1. The lowest BCUT2D eigenvalue weighted by molar-refractivity contribution is 0.0132. The third-order valence-corrected chi connectivity index (χ3v) is 4.90. The molecule has 0 bridgehead atoms. The summed E-state index contributed by atoms with van der Waals surface area (Å²) in [6.45, 7) is 18.1. The highest BCUT2D eigenvalue weighted by Crippen LogP contribution is 2.13. The van der Waals surface area contributed by atoms with Gasteiger partial charge in [-0.05, 0) is 25.2 Å². The first-order valence-electron chi connectivity index (χ1n) is 10.8. The number of aliphatic imine (C=N–C) groups is 1. The zero-order valence-electron chi connectivity index (χ0n) is 18.9. The minimum atomic E-state index is 0. The molecule has 1 aliphatic heterocycles. The molecule has 8 heteroatoms. The molecular formula is C21H41IN6O. The van der Waals surface area contributed by atoms with E-state index in [1.807, 2.05) is 12.4 Å². The minimum absolute atomic E-state index is 0. The van der Waals surface area contributed by atoms with Crippen molar-refractivity contribution in [2.45, 2.75) is 60.2 Å². The number of nitrogens with one attached hydrogen (secondary N) is 2. The fourth-order valence-corrected chi connectivity index (χ4v) is 3.61. The van der Waals surface area contributed by atoms with E-state index in [0.29, 0.717) is 24.4 Å². The molecule has 2 rings (SSSR count). The molecule has 0 aromatic carbocycles. The SMILES string of the molecule is CCNC(=NCc1nccn1CC(C)C)NCC(CC(C)C)N1CCOCC1.I. The molecule has 1 fully saturated rings. The van der Waals surface area contributed by atoms with Gasteiger partial charge in [-0.15, -0.1) is 24.0 Å². The lowest BCUT2D eigenvalue weighted by Crippen LogP contribution is -2.51. The van der Waals surface area contributed by atoms with E-state index in [2.05, 4.69) is 59.7 Å². The first-order valence-corrected chi connectivity index (χ1v) is 10.8. The summed E-state index contributed by atoms with van der Waals surface area (Å²) in [4.78, 5) is 11.8. The molecule has 0 amide bonds. The highest BCUT2D eigenvalue weighted by Gasteiger charge is 2.22. The van der Waals surface area contributed by atoms with E-state index in [-0.39, 0.29) is 24.0 Å².